The molecule has 1 aliphatic heterocycles. The van der Waals surface area contributed by atoms with Gasteiger partial charge in [0.05, 0.1) is 19.3 Å². The summed E-state index contributed by atoms with van der Waals surface area (Å²) >= 11 is 0. The largest absolute Gasteiger partial charge is 0.494 e. The number of benzene rings is 1. The molecule has 0 radical (unpaired) electrons. The standard InChI is InChI=1S/C22H27N5O2/c1-15-13-23-20-17(5-3-6-18(20)28-2)21(15)27-10-4-9-26(11-12-27)14-19-24-22(29-25-19)16-7-8-16/h3,5-6,13,16H,4,7-12,14H2,1-2H3. The minimum atomic E-state index is 0.510. The lowest BCUT2D eigenvalue weighted by Gasteiger charge is -2.26. The fourth-order valence-corrected chi connectivity index (χ4v) is 4.25. The van der Waals surface area contributed by atoms with E-state index in [1.54, 1.807) is 7.11 Å². The van der Waals surface area contributed by atoms with Crippen LogP contribution in [0.15, 0.2) is 28.9 Å². The molecule has 2 fully saturated rings. The third kappa shape index (κ3) is 3.67. The van der Waals surface area contributed by atoms with Crippen molar-refractivity contribution >= 4 is 16.6 Å². The van der Waals surface area contributed by atoms with Crippen LogP contribution in [0.1, 0.15) is 42.5 Å². The predicted molar refractivity (Wildman–Crippen MR) is 111 cm³/mol. The molecule has 3 aromatic rings. The average molecular weight is 393 g/mol. The molecule has 7 nitrogen and oxygen atoms in total. The zero-order chi connectivity index (χ0) is 19.8. The van der Waals surface area contributed by atoms with E-state index in [0.29, 0.717) is 5.92 Å². The lowest BCUT2D eigenvalue weighted by molar-refractivity contribution is 0.271. The molecule has 0 atom stereocenters. The summed E-state index contributed by atoms with van der Waals surface area (Å²) in [6.07, 6.45) is 5.43. The topological polar surface area (TPSA) is 67.5 Å². The number of nitrogens with zero attached hydrogens (tertiary/aromatic N) is 5. The maximum atomic E-state index is 5.53. The highest BCUT2D eigenvalue weighted by atomic mass is 16.5. The third-order valence-corrected chi connectivity index (χ3v) is 5.92. The van der Waals surface area contributed by atoms with Gasteiger partial charge in [0.1, 0.15) is 11.3 Å². The van der Waals surface area contributed by atoms with Gasteiger partial charge in [0, 0.05) is 43.7 Å². The van der Waals surface area contributed by atoms with Crippen LogP contribution in [0.3, 0.4) is 0 Å². The monoisotopic (exact) mass is 393 g/mol. The van der Waals surface area contributed by atoms with Crippen molar-refractivity contribution in [1.82, 2.24) is 20.0 Å². The summed E-state index contributed by atoms with van der Waals surface area (Å²) in [7, 11) is 1.70. The van der Waals surface area contributed by atoms with Crippen LogP contribution in [0.25, 0.3) is 10.9 Å². The number of anilines is 1. The second kappa shape index (κ2) is 7.63. The first-order valence-corrected chi connectivity index (χ1v) is 10.4. The van der Waals surface area contributed by atoms with E-state index in [1.165, 1.54) is 24.1 Å². The van der Waals surface area contributed by atoms with E-state index in [9.17, 15) is 0 Å². The Kier molecular flexibility index (Phi) is 4.83. The van der Waals surface area contributed by atoms with Crippen LogP contribution in [0, 0.1) is 6.92 Å². The van der Waals surface area contributed by atoms with Gasteiger partial charge in [0.15, 0.2) is 5.82 Å². The number of rotatable bonds is 5. The van der Waals surface area contributed by atoms with E-state index < -0.39 is 0 Å². The maximum absolute atomic E-state index is 5.53. The minimum absolute atomic E-state index is 0.510. The number of pyridine rings is 1. The Morgan fingerprint density at radius 1 is 1.17 bits per heavy atom. The zero-order valence-electron chi connectivity index (χ0n) is 17.1. The number of aromatic nitrogens is 3. The Hall–Kier alpha value is -2.67. The van der Waals surface area contributed by atoms with Crippen LogP contribution in [0.4, 0.5) is 5.69 Å². The van der Waals surface area contributed by atoms with E-state index in [4.69, 9.17) is 9.26 Å². The van der Waals surface area contributed by atoms with Gasteiger partial charge in [-0.3, -0.25) is 9.88 Å². The third-order valence-electron chi connectivity index (χ3n) is 5.92. The fourth-order valence-electron chi connectivity index (χ4n) is 4.25. The molecule has 0 N–H and O–H groups in total. The van der Waals surface area contributed by atoms with Crippen molar-refractivity contribution in [3.8, 4) is 5.75 Å². The lowest BCUT2D eigenvalue weighted by Crippen LogP contribution is -2.31. The summed E-state index contributed by atoms with van der Waals surface area (Å²) in [5.41, 5.74) is 3.40. The molecular weight excluding hydrogens is 366 g/mol. The minimum Gasteiger partial charge on any atom is -0.494 e. The number of aryl methyl sites for hydroxylation is 1. The number of para-hydroxylation sites is 1. The number of ether oxygens (including phenoxy) is 1. The van der Waals surface area contributed by atoms with Crippen LogP contribution in [-0.2, 0) is 6.54 Å². The Morgan fingerprint density at radius 2 is 2.07 bits per heavy atom. The van der Waals surface area contributed by atoms with Gasteiger partial charge >= 0.3 is 0 Å². The normalized spacial score (nSPS) is 18.2. The Morgan fingerprint density at radius 3 is 2.90 bits per heavy atom. The van der Waals surface area contributed by atoms with E-state index in [-0.39, 0.29) is 0 Å². The van der Waals surface area contributed by atoms with Crippen molar-refractivity contribution in [2.45, 2.75) is 38.6 Å². The quantitative estimate of drug-likeness (QED) is 0.657. The van der Waals surface area contributed by atoms with E-state index in [2.05, 4.69) is 37.9 Å². The molecule has 3 heterocycles. The van der Waals surface area contributed by atoms with Crippen LogP contribution in [0.5, 0.6) is 5.75 Å². The summed E-state index contributed by atoms with van der Waals surface area (Å²) in [6.45, 7) is 6.89. The van der Waals surface area contributed by atoms with Crippen LogP contribution >= 0.6 is 0 Å². The second-order valence-corrected chi connectivity index (χ2v) is 8.09. The van der Waals surface area contributed by atoms with E-state index >= 15 is 0 Å². The molecule has 0 unspecified atom stereocenters. The number of methoxy groups -OCH3 is 1. The smallest absolute Gasteiger partial charge is 0.229 e. The molecule has 1 aromatic carbocycles. The summed E-state index contributed by atoms with van der Waals surface area (Å²) in [5.74, 6) is 2.97. The van der Waals surface area contributed by atoms with Crippen molar-refractivity contribution in [3.63, 3.8) is 0 Å². The molecule has 152 valence electrons. The van der Waals surface area contributed by atoms with Crippen molar-refractivity contribution in [2.75, 3.05) is 38.2 Å². The highest BCUT2D eigenvalue weighted by Gasteiger charge is 2.30. The molecule has 2 aliphatic rings. The summed E-state index contributed by atoms with van der Waals surface area (Å²) in [4.78, 5) is 14.1. The van der Waals surface area contributed by atoms with E-state index in [1.807, 2.05) is 18.3 Å². The lowest BCUT2D eigenvalue weighted by atomic mass is 10.1. The number of hydrogen-bond donors (Lipinski definition) is 0. The predicted octanol–water partition coefficient (Wildman–Crippen LogP) is 3.52. The van der Waals surface area contributed by atoms with E-state index in [0.717, 1.165) is 67.5 Å². The zero-order valence-corrected chi connectivity index (χ0v) is 17.1. The molecule has 2 aromatic heterocycles. The highest BCUT2D eigenvalue weighted by Crippen LogP contribution is 2.39. The molecule has 0 amide bonds. The van der Waals surface area contributed by atoms with Gasteiger partial charge in [0.2, 0.25) is 5.89 Å². The maximum Gasteiger partial charge on any atom is 0.229 e. The molecule has 29 heavy (non-hydrogen) atoms. The fraction of sp³-hybridized carbons (Fsp3) is 0.500. The van der Waals surface area contributed by atoms with Gasteiger partial charge in [-0.05, 0) is 37.8 Å². The van der Waals surface area contributed by atoms with Crippen molar-refractivity contribution in [3.05, 3.63) is 41.7 Å². The van der Waals surface area contributed by atoms with Gasteiger partial charge in [-0.15, -0.1) is 0 Å². The molecule has 7 heteroatoms. The molecule has 0 bridgehead atoms. The number of hydrogen-bond acceptors (Lipinski definition) is 7. The molecule has 0 spiro atoms. The van der Waals surface area contributed by atoms with Crippen molar-refractivity contribution in [2.24, 2.45) is 0 Å². The first-order chi connectivity index (χ1) is 14.2. The molecular formula is C22H27N5O2. The van der Waals surface area contributed by atoms with Gasteiger partial charge < -0.3 is 14.2 Å². The average Bonchev–Trinajstić information content (AvgIpc) is 3.52. The van der Waals surface area contributed by atoms with Crippen LogP contribution < -0.4 is 9.64 Å². The highest BCUT2D eigenvalue weighted by molar-refractivity contribution is 5.96. The van der Waals surface area contributed by atoms with Crippen molar-refractivity contribution in [1.29, 1.82) is 0 Å². The molecule has 1 saturated carbocycles. The SMILES string of the molecule is COc1cccc2c(N3CCCN(Cc4noc(C5CC5)n4)CC3)c(C)cnc12. The van der Waals surface area contributed by atoms with Gasteiger partial charge in [-0.25, -0.2) is 0 Å². The molecule has 5 rings (SSSR count). The first-order valence-electron chi connectivity index (χ1n) is 10.4. The Labute approximate surface area is 170 Å². The summed E-state index contributed by atoms with van der Waals surface area (Å²) < 4.78 is 10.9. The first kappa shape index (κ1) is 18.4. The van der Waals surface area contributed by atoms with Gasteiger partial charge in [-0.1, -0.05) is 17.3 Å². The Bertz CT molecular complexity index is 1010. The summed E-state index contributed by atoms with van der Waals surface area (Å²) in [5, 5.41) is 5.35. The Balaban J connectivity index is 1.34. The second-order valence-electron chi connectivity index (χ2n) is 8.09. The van der Waals surface area contributed by atoms with Gasteiger partial charge in [0.25, 0.3) is 0 Å². The van der Waals surface area contributed by atoms with Crippen LogP contribution in [-0.4, -0.2) is 53.3 Å². The van der Waals surface area contributed by atoms with Crippen molar-refractivity contribution < 1.29 is 9.26 Å². The molecule has 1 saturated heterocycles. The van der Waals surface area contributed by atoms with Crippen LogP contribution in [0.2, 0.25) is 0 Å². The molecule has 1 aliphatic carbocycles. The van der Waals surface area contributed by atoms with Gasteiger partial charge in [-0.2, -0.15) is 4.98 Å². The number of fused-ring (bicyclic) bond motifs is 1. The summed E-state index contributed by atoms with van der Waals surface area (Å²) in [6, 6.07) is 6.16.